The van der Waals surface area contributed by atoms with Gasteiger partial charge in [-0.2, -0.15) is 0 Å². The van der Waals surface area contributed by atoms with Gasteiger partial charge in [0, 0.05) is 23.1 Å². The van der Waals surface area contributed by atoms with Crippen LogP contribution in [0.25, 0.3) is 0 Å². The van der Waals surface area contributed by atoms with Crippen LogP contribution in [0.1, 0.15) is 43.6 Å². The first-order valence-corrected chi connectivity index (χ1v) is 8.34. The zero-order valence-corrected chi connectivity index (χ0v) is 11.8. The summed E-state index contributed by atoms with van der Waals surface area (Å²) in [5, 5.41) is 3.72. The van der Waals surface area contributed by atoms with E-state index in [9.17, 15) is 0 Å². The van der Waals surface area contributed by atoms with E-state index < -0.39 is 0 Å². The normalized spacial score (nSPS) is 24.1. The van der Waals surface area contributed by atoms with Crippen LogP contribution in [0.3, 0.4) is 0 Å². The zero-order chi connectivity index (χ0) is 12.2. The fourth-order valence-electron chi connectivity index (χ4n) is 3.25. The van der Waals surface area contributed by atoms with Gasteiger partial charge in [0.25, 0.3) is 0 Å². The topological polar surface area (TPSA) is 12.0 Å². The molecule has 1 atom stereocenters. The van der Waals surface area contributed by atoms with E-state index in [2.05, 4.69) is 29.6 Å². The fraction of sp³-hybridized carbons (Fsp3) is 0.625. The van der Waals surface area contributed by atoms with Crippen molar-refractivity contribution in [2.24, 2.45) is 5.92 Å². The van der Waals surface area contributed by atoms with Gasteiger partial charge in [0.15, 0.2) is 0 Å². The van der Waals surface area contributed by atoms with Crippen LogP contribution < -0.4 is 5.32 Å². The fourth-order valence-corrected chi connectivity index (χ4v) is 4.51. The Bertz CT molecular complexity index is 384. The predicted molar refractivity (Wildman–Crippen MR) is 79.4 cm³/mol. The van der Waals surface area contributed by atoms with Crippen molar-refractivity contribution >= 4 is 11.8 Å². The van der Waals surface area contributed by atoms with Crippen LogP contribution in [0, 0.1) is 5.92 Å². The summed E-state index contributed by atoms with van der Waals surface area (Å²) in [7, 11) is 0. The molecule has 1 aliphatic heterocycles. The number of hydrogen-bond acceptors (Lipinski definition) is 2. The third kappa shape index (κ3) is 2.92. The van der Waals surface area contributed by atoms with Crippen LogP contribution in [0.15, 0.2) is 29.2 Å². The smallest absolute Gasteiger partial charge is 0.0108 e. The van der Waals surface area contributed by atoms with Crippen LogP contribution >= 0.6 is 11.8 Å². The minimum atomic E-state index is 0.731. The minimum absolute atomic E-state index is 0.731. The molecule has 1 heterocycles. The predicted octanol–water partition coefficient (Wildman–Crippen LogP) is 4.05. The summed E-state index contributed by atoms with van der Waals surface area (Å²) in [5.41, 5.74) is 1.57. The Balaban J connectivity index is 1.47. The Morgan fingerprint density at radius 1 is 1.06 bits per heavy atom. The molecule has 18 heavy (non-hydrogen) atoms. The third-order valence-electron chi connectivity index (χ3n) is 4.35. The quantitative estimate of drug-likeness (QED) is 0.877. The number of benzene rings is 1. The molecule has 1 saturated carbocycles. The summed E-state index contributed by atoms with van der Waals surface area (Å²) < 4.78 is 0. The molecule has 1 N–H and O–H groups in total. The van der Waals surface area contributed by atoms with E-state index in [-0.39, 0.29) is 0 Å². The van der Waals surface area contributed by atoms with Gasteiger partial charge in [-0.25, -0.2) is 0 Å². The Hall–Kier alpha value is -0.470. The standard InChI is InChI=1S/C16H23NS/c1-2-6-13(7-3-1)10-17-11-14-12-18-16-9-5-4-8-15(14)16/h4-5,8-9,13-14,17H,1-3,6-7,10-12H2. The van der Waals surface area contributed by atoms with Crippen LogP contribution in [-0.2, 0) is 0 Å². The van der Waals surface area contributed by atoms with E-state index in [0.717, 1.165) is 11.8 Å². The van der Waals surface area contributed by atoms with Crippen molar-refractivity contribution in [3.63, 3.8) is 0 Å². The molecule has 1 nitrogen and oxygen atoms in total. The second-order valence-electron chi connectivity index (χ2n) is 5.71. The molecular formula is C16H23NS. The Kier molecular flexibility index (Phi) is 4.27. The maximum atomic E-state index is 3.72. The first-order valence-electron chi connectivity index (χ1n) is 7.36. The van der Waals surface area contributed by atoms with Gasteiger partial charge in [-0.3, -0.25) is 0 Å². The van der Waals surface area contributed by atoms with E-state index in [1.165, 1.54) is 55.8 Å². The molecule has 1 aromatic rings. The molecular weight excluding hydrogens is 238 g/mol. The molecule has 2 heteroatoms. The largest absolute Gasteiger partial charge is 0.316 e. The molecule has 0 aromatic heterocycles. The average Bonchev–Trinajstić information content (AvgIpc) is 2.84. The van der Waals surface area contributed by atoms with Gasteiger partial charge in [-0.05, 0) is 36.9 Å². The lowest BCUT2D eigenvalue weighted by Crippen LogP contribution is -2.28. The number of fused-ring (bicyclic) bond motifs is 1. The van der Waals surface area contributed by atoms with Crippen molar-refractivity contribution in [2.75, 3.05) is 18.8 Å². The molecule has 0 spiro atoms. The van der Waals surface area contributed by atoms with Crippen molar-refractivity contribution in [3.8, 4) is 0 Å². The van der Waals surface area contributed by atoms with Crippen molar-refractivity contribution in [2.45, 2.75) is 42.9 Å². The summed E-state index contributed by atoms with van der Waals surface area (Å²) in [6, 6.07) is 8.91. The summed E-state index contributed by atoms with van der Waals surface area (Å²) in [4.78, 5) is 1.50. The molecule has 2 aliphatic rings. The Morgan fingerprint density at radius 2 is 1.89 bits per heavy atom. The van der Waals surface area contributed by atoms with Crippen LogP contribution in [0.4, 0.5) is 0 Å². The lowest BCUT2D eigenvalue weighted by Gasteiger charge is -2.22. The zero-order valence-electron chi connectivity index (χ0n) is 11.0. The molecule has 98 valence electrons. The maximum Gasteiger partial charge on any atom is 0.0108 e. The molecule has 1 fully saturated rings. The lowest BCUT2D eigenvalue weighted by molar-refractivity contribution is 0.341. The first-order chi connectivity index (χ1) is 8.93. The molecule has 3 rings (SSSR count). The van der Waals surface area contributed by atoms with Gasteiger partial charge in [-0.1, -0.05) is 37.5 Å². The molecule has 0 amide bonds. The number of hydrogen-bond donors (Lipinski definition) is 1. The van der Waals surface area contributed by atoms with Gasteiger partial charge < -0.3 is 5.32 Å². The number of nitrogens with one attached hydrogen (secondary N) is 1. The SMILES string of the molecule is c1ccc2c(c1)SCC2CNCC1CCCCC1. The van der Waals surface area contributed by atoms with Gasteiger partial charge in [-0.15, -0.1) is 11.8 Å². The summed E-state index contributed by atoms with van der Waals surface area (Å²) in [6.45, 7) is 2.41. The number of thioether (sulfide) groups is 1. The molecule has 0 radical (unpaired) electrons. The van der Waals surface area contributed by atoms with Gasteiger partial charge in [0.05, 0.1) is 0 Å². The molecule has 0 saturated heterocycles. The van der Waals surface area contributed by atoms with E-state index in [1.807, 2.05) is 11.8 Å². The molecule has 1 unspecified atom stereocenters. The highest BCUT2D eigenvalue weighted by molar-refractivity contribution is 7.99. The highest BCUT2D eigenvalue weighted by Gasteiger charge is 2.22. The van der Waals surface area contributed by atoms with E-state index in [0.29, 0.717) is 0 Å². The van der Waals surface area contributed by atoms with Crippen LogP contribution in [0.5, 0.6) is 0 Å². The van der Waals surface area contributed by atoms with Gasteiger partial charge in [0.2, 0.25) is 0 Å². The van der Waals surface area contributed by atoms with Crippen LogP contribution in [-0.4, -0.2) is 18.8 Å². The van der Waals surface area contributed by atoms with Crippen LogP contribution in [0.2, 0.25) is 0 Å². The Morgan fingerprint density at radius 3 is 2.78 bits per heavy atom. The summed E-state index contributed by atoms with van der Waals surface area (Å²) >= 11 is 2.02. The molecule has 1 aromatic carbocycles. The van der Waals surface area contributed by atoms with E-state index >= 15 is 0 Å². The van der Waals surface area contributed by atoms with Gasteiger partial charge in [0.1, 0.15) is 0 Å². The lowest BCUT2D eigenvalue weighted by atomic mass is 9.89. The monoisotopic (exact) mass is 261 g/mol. The highest BCUT2D eigenvalue weighted by atomic mass is 32.2. The summed E-state index contributed by atoms with van der Waals surface area (Å²) in [6.07, 6.45) is 7.26. The van der Waals surface area contributed by atoms with E-state index in [4.69, 9.17) is 0 Å². The maximum absolute atomic E-state index is 3.72. The van der Waals surface area contributed by atoms with Crippen molar-refractivity contribution < 1.29 is 0 Å². The van der Waals surface area contributed by atoms with Crippen molar-refractivity contribution in [3.05, 3.63) is 29.8 Å². The van der Waals surface area contributed by atoms with Gasteiger partial charge >= 0.3 is 0 Å². The highest BCUT2D eigenvalue weighted by Crippen LogP contribution is 2.38. The molecule has 0 bridgehead atoms. The molecule has 1 aliphatic carbocycles. The van der Waals surface area contributed by atoms with E-state index in [1.54, 1.807) is 5.56 Å². The average molecular weight is 261 g/mol. The first kappa shape index (κ1) is 12.6. The second-order valence-corrected chi connectivity index (χ2v) is 6.77. The second kappa shape index (κ2) is 6.12. The van der Waals surface area contributed by atoms with Crippen molar-refractivity contribution in [1.29, 1.82) is 0 Å². The number of rotatable bonds is 4. The minimum Gasteiger partial charge on any atom is -0.316 e. The summed E-state index contributed by atoms with van der Waals surface area (Å²) in [5.74, 6) is 2.94. The Labute approximate surface area is 115 Å². The van der Waals surface area contributed by atoms with Crippen molar-refractivity contribution in [1.82, 2.24) is 5.32 Å². The third-order valence-corrected chi connectivity index (χ3v) is 5.60.